The molecule has 0 aliphatic rings. The van der Waals surface area contributed by atoms with Gasteiger partial charge in [0.15, 0.2) is 0 Å². The van der Waals surface area contributed by atoms with Crippen molar-refractivity contribution in [2.24, 2.45) is 0 Å². The van der Waals surface area contributed by atoms with Crippen LogP contribution in [0.25, 0.3) is 0 Å². The van der Waals surface area contributed by atoms with Crippen molar-refractivity contribution < 1.29 is 14.3 Å². The van der Waals surface area contributed by atoms with E-state index in [2.05, 4.69) is 5.32 Å². The quantitative estimate of drug-likeness (QED) is 0.647. The number of rotatable bonds is 10. The third-order valence-electron chi connectivity index (χ3n) is 3.08. The van der Waals surface area contributed by atoms with Crippen LogP contribution in [0.5, 0.6) is 0 Å². The molecule has 0 aliphatic heterocycles. The predicted molar refractivity (Wildman–Crippen MR) is 78.4 cm³/mol. The second kappa shape index (κ2) is 8.27. The Labute approximate surface area is 119 Å². The molecule has 1 heterocycles. The Morgan fingerprint density at radius 2 is 2.32 bits per heavy atom. The van der Waals surface area contributed by atoms with Crippen LogP contribution >= 0.6 is 11.8 Å². The van der Waals surface area contributed by atoms with Gasteiger partial charge in [-0.05, 0) is 44.2 Å². The summed E-state index contributed by atoms with van der Waals surface area (Å²) in [5, 5.41) is 12.3. The molecular weight excluding hydrogens is 262 g/mol. The third kappa shape index (κ3) is 5.70. The monoisotopic (exact) mass is 285 g/mol. The summed E-state index contributed by atoms with van der Waals surface area (Å²) in [4.78, 5) is 11.2. The van der Waals surface area contributed by atoms with Crippen molar-refractivity contribution in [3.63, 3.8) is 0 Å². The number of unbranched alkanes of at least 4 members (excludes halogenated alkanes) is 1. The molecule has 0 aliphatic carbocycles. The second-order valence-corrected chi connectivity index (χ2v) is 5.86. The first kappa shape index (κ1) is 16.1. The van der Waals surface area contributed by atoms with Crippen LogP contribution in [0.15, 0.2) is 22.8 Å². The highest BCUT2D eigenvalue weighted by molar-refractivity contribution is 7.98. The average molecular weight is 285 g/mol. The number of likely N-dealkylation sites (N-methyl/N-ethyl adjacent to an activating group) is 1. The van der Waals surface area contributed by atoms with Crippen LogP contribution in [0.4, 0.5) is 0 Å². The molecule has 1 aromatic heterocycles. The average Bonchev–Trinajstić information content (AvgIpc) is 2.86. The molecule has 19 heavy (non-hydrogen) atoms. The van der Waals surface area contributed by atoms with Crippen molar-refractivity contribution in [3.05, 3.63) is 24.2 Å². The lowest BCUT2D eigenvalue weighted by Gasteiger charge is -2.25. The molecule has 5 heteroatoms. The summed E-state index contributed by atoms with van der Waals surface area (Å²) < 4.78 is 5.25. The van der Waals surface area contributed by atoms with E-state index in [1.807, 2.05) is 30.8 Å². The number of aliphatic carboxylic acids is 1. The van der Waals surface area contributed by atoms with Crippen LogP contribution < -0.4 is 5.32 Å². The molecule has 1 unspecified atom stereocenters. The van der Waals surface area contributed by atoms with Crippen LogP contribution in [0.1, 0.15) is 38.9 Å². The molecule has 0 bridgehead atoms. The Morgan fingerprint density at radius 3 is 2.89 bits per heavy atom. The van der Waals surface area contributed by atoms with Gasteiger partial charge in [0.1, 0.15) is 11.3 Å². The topological polar surface area (TPSA) is 62.5 Å². The molecular formula is C14H23NO3S. The number of carboxylic acid groups (broad SMARTS) is 1. The Morgan fingerprint density at radius 1 is 1.53 bits per heavy atom. The first-order chi connectivity index (χ1) is 9.08. The summed E-state index contributed by atoms with van der Waals surface area (Å²) in [5.41, 5.74) is -0.791. The van der Waals surface area contributed by atoms with Gasteiger partial charge in [0.05, 0.1) is 12.0 Å². The summed E-state index contributed by atoms with van der Waals surface area (Å²) in [6.45, 7) is 4.37. The van der Waals surface area contributed by atoms with Crippen LogP contribution in [0.2, 0.25) is 0 Å². The van der Waals surface area contributed by atoms with Gasteiger partial charge in [-0.2, -0.15) is 11.8 Å². The lowest BCUT2D eigenvalue weighted by Crippen LogP contribution is -2.49. The van der Waals surface area contributed by atoms with Crippen molar-refractivity contribution in [1.29, 1.82) is 0 Å². The lowest BCUT2D eigenvalue weighted by molar-refractivity contribution is -0.144. The molecule has 108 valence electrons. The molecule has 1 atom stereocenters. The van der Waals surface area contributed by atoms with Crippen LogP contribution in [0, 0.1) is 0 Å². The van der Waals surface area contributed by atoms with Crippen LogP contribution in [-0.2, 0) is 10.5 Å². The minimum Gasteiger partial charge on any atom is -0.480 e. The van der Waals surface area contributed by atoms with E-state index in [9.17, 15) is 9.90 Å². The largest absolute Gasteiger partial charge is 0.480 e. The summed E-state index contributed by atoms with van der Waals surface area (Å²) in [5.74, 6) is 2.14. The zero-order valence-electron chi connectivity index (χ0n) is 11.6. The molecule has 1 rings (SSSR count). The van der Waals surface area contributed by atoms with E-state index in [1.54, 1.807) is 13.2 Å². The number of hydrogen-bond acceptors (Lipinski definition) is 4. The zero-order valence-corrected chi connectivity index (χ0v) is 12.5. The van der Waals surface area contributed by atoms with Gasteiger partial charge in [0, 0.05) is 0 Å². The zero-order chi connectivity index (χ0) is 14.1. The molecule has 0 aromatic carbocycles. The molecule has 1 aromatic rings. The highest BCUT2D eigenvalue weighted by Gasteiger charge is 2.30. The Hall–Kier alpha value is -0.940. The van der Waals surface area contributed by atoms with E-state index in [1.165, 1.54) is 0 Å². The molecule has 0 saturated carbocycles. The standard InChI is InChI=1S/C14H23NO3S/c1-3-15-14(2,13(16)17)8-4-5-10-19-11-12-7-6-9-18-12/h6-7,9,15H,3-5,8,10-11H2,1-2H3,(H,16,17). The van der Waals surface area contributed by atoms with E-state index >= 15 is 0 Å². The van der Waals surface area contributed by atoms with Crippen LogP contribution in [0.3, 0.4) is 0 Å². The molecule has 0 spiro atoms. The van der Waals surface area contributed by atoms with E-state index in [4.69, 9.17) is 4.42 Å². The van der Waals surface area contributed by atoms with E-state index in [0.717, 1.165) is 30.1 Å². The third-order valence-corrected chi connectivity index (χ3v) is 4.14. The van der Waals surface area contributed by atoms with E-state index < -0.39 is 11.5 Å². The number of hydrogen-bond donors (Lipinski definition) is 2. The van der Waals surface area contributed by atoms with Crippen molar-refractivity contribution in [3.8, 4) is 0 Å². The highest BCUT2D eigenvalue weighted by atomic mass is 32.2. The van der Waals surface area contributed by atoms with Gasteiger partial charge in [-0.25, -0.2) is 0 Å². The van der Waals surface area contributed by atoms with Gasteiger partial charge >= 0.3 is 5.97 Å². The van der Waals surface area contributed by atoms with Crippen LogP contribution in [-0.4, -0.2) is 28.9 Å². The number of nitrogens with one attached hydrogen (secondary N) is 1. The lowest BCUT2D eigenvalue weighted by atomic mass is 9.95. The van der Waals surface area contributed by atoms with Crippen molar-refractivity contribution >= 4 is 17.7 Å². The predicted octanol–water partition coefficient (Wildman–Crippen LogP) is 3.14. The fourth-order valence-corrected chi connectivity index (χ4v) is 2.83. The maximum Gasteiger partial charge on any atom is 0.323 e. The van der Waals surface area contributed by atoms with E-state index in [0.29, 0.717) is 13.0 Å². The van der Waals surface area contributed by atoms with Gasteiger partial charge < -0.3 is 14.8 Å². The molecule has 0 radical (unpaired) electrons. The molecule has 0 amide bonds. The SMILES string of the molecule is CCNC(C)(CCCCSCc1ccco1)C(=O)O. The van der Waals surface area contributed by atoms with Crippen molar-refractivity contribution in [2.45, 2.75) is 44.4 Å². The molecule has 0 fully saturated rings. The Bertz CT molecular complexity index is 367. The molecule has 0 saturated heterocycles. The second-order valence-electron chi connectivity index (χ2n) is 4.76. The van der Waals surface area contributed by atoms with Crippen molar-refractivity contribution in [2.75, 3.05) is 12.3 Å². The summed E-state index contributed by atoms with van der Waals surface area (Å²) in [6.07, 6.45) is 4.29. The molecule has 2 N–H and O–H groups in total. The fraction of sp³-hybridized carbons (Fsp3) is 0.643. The van der Waals surface area contributed by atoms with Gasteiger partial charge in [-0.1, -0.05) is 13.3 Å². The fourth-order valence-electron chi connectivity index (χ4n) is 1.91. The maximum atomic E-state index is 11.2. The van der Waals surface area contributed by atoms with E-state index in [-0.39, 0.29) is 0 Å². The normalized spacial score (nSPS) is 14.2. The van der Waals surface area contributed by atoms with Gasteiger partial charge in [-0.15, -0.1) is 0 Å². The highest BCUT2D eigenvalue weighted by Crippen LogP contribution is 2.18. The van der Waals surface area contributed by atoms with Crippen molar-refractivity contribution in [1.82, 2.24) is 5.32 Å². The number of carboxylic acids is 1. The molecule has 4 nitrogen and oxygen atoms in total. The minimum atomic E-state index is -0.791. The minimum absolute atomic E-state index is 0.664. The van der Waals surface area contributed by atoms with Gasteiger partial charge in [-0.3, -0.25) is 4.79 Å². The Balaban J connectivity index is 2.13. The summed E-state index contributed by atoms with van der Waals surface area (Å²) >= 11 is 1.82. The maximum absolute atomic E-state index is 11.2. The summed E-state index contributed by atoms with van der Waals surface area (Å²) in [6, 6.07) is 3.87. The Kier molecular flexibility index (Phi) is 7.02. The number of thioether (sulfide) groups is 1. The first-order valence-corrected chi connectivity index (χ1v) is 7.82. The van der Waals surface area contributed by atoms with Gasteiger partial charge in [0.25, 0.3) is 0 Å². The first-order valence-electron chi connectivity index (χ1n) is 6.67. The van der Waals surface area contributed by atoms with Gasteiger partial charge in [0.2, 0.25) is 0 Å². The smallest absolute Gasteiger partial charge is 0.323 e. The number of carbonyl (C=O) groups is 1. The number of furan rings is 1. The summed E-state index contributed by atoms with van der Waals surface area (Å²) in [7, 11) is 0.